The van der Waals surface area contributed by atoms with Gasteiger partial charge in [0.2, 0.25) is 0 Å². The van der Waals surface area contributed by atoms with Gasteiger partial charge >= 0.3 is 6.09 Å². The minimum atomic E-state index is -2.91. The van der Waals surface area contributed by atoms with Crippen molar-refractivity contribution in [2.45, 2.75) is 38.3 Å². The lowest BCUT2D eigenvalue weighted by Gasteiger charge is -2.23. The molecule has 1 aliphatic heterocycles. The lowest BCUT2D eigenvalue weighted by atomic mass is 10.0. The van der Waals surface area contributed by atoms with Gasteiger partial charge in [-0.15, -0.1) is 0 Å². The smallest absolute Gasteiger partial charge is 0.405 e. The molecule has 1 aliphatic carbocycles. The van der Waals surface area contributed by atoms with E-state index in [0.29, 0.717) is 41.5 Å². The van der Waals surface area contributed by atoms with Crippen LogP contribution in [0.3, 0.4) is 0 Å². The Morgan fingerprint density at radius 1 is 1.29 bits per heavy atom. The minimum Gasteiger partial charge on any atom is -0.465 e. The Bertz CT molecular complexity index is 1290. The summed E-state index contributed by atoms with van der Waals surface area (Å²) in [4.78, 5) is 26.6. The lowest BCUT2D eigenvalue weighted by molar-refractivity contribution is 0.146. The first-order valence-electron chi connectivity index (χ1n) is 10.9. The monoisotopic (exact) mass is 472 g/mol. The maximum atomic E-state index is 14.7. The van der Waals surface area contributed by atoms with Gasteiger partial charge in [0.1, 0.15) is 23.3 Å². The molecule has 1 amide bonds. The first-order valence-corrected chi connectivity index (χ1v) is 10.9. The van der Waals surface area contributed by atoms with E-state index in [1.165, 1.54) is 12.1 Å². The number of halogens is 3. The van der Waals surface area contributed by atoms with Crippen LogP contribution in [0.15, 0.2) is 30.5 Å². The molecular formula is C23H23F3N6O2. The summed E-state index contributed by atoms with van der Waals surface area (Å²) in [5.41, 5.74) is -0.388. The number of anilines is 2. The predicted octanol–water partition coefficient (Wildman–Crippen LogP) is 4.43. The topological polar surface area (TPSA) is 103 Å². The molecule has 2 unspecified atom stereocenters. The SMILES string of the molecule is Cc1nc(N[C@H](C)c2cccc(C(F)F)c2F)c2cc(N3CC4CC4(NC(=O)O)C3)ncc2n1. The van der Waals surface area contributed by atoms with Crippen LogP contribution in [0.4, 0.5) is 29.6 Å². The van der Waals surface area contributed by atoms with Crippen LogP contribution < -0.4 is 15.5 Å². The van der Waals surface area contributed by atoms with Crippen molar-refractivity contribution in [2.75, 3.05) is 23.3 Å². The van der Waals surface area contributed by atoms with E-state index in [4.69, 9.17) is 5.11 Å². The van der Waals surface area contributed by atoms with Gasteiger partial charge in [-0.2, -0.15) is 0 Å². The molecule has 3 atom stereocenters. The molecule has 1 saturated carbocycles. The van der Waals surface area contributed by atoms with E-state index in [-0.39, 0.29) is 11.5 Å². The number of alkyl halides is 2. The molecule has 3 aromatic rings. The molecule has 3 N–H and O–H groups in total. The van der Waals surface area contributed by atoms with Crippen molar-refractivity contribution in [1.82, 2.24) is 20.3 Å². The zero-order chi connectivity index (χ0) is 24.2. The summed E-state index contributed by atoms with van der Waals surface area (Å²) < 4.78 is 41.0. The Hall–Kier alpha value is -3.63. The zero-order valence-electron chi connectivity index (χ0n) is 18.5. The molecule has 0 radical (unpaired) electrons. The van der Waals surface area contributed by atoms with Gasteiger partial charge < -0.3 is 20.6 Å². The Labute approximate surface area is 193 Å². The molecule has 8 nitrogen and oxygen atoms in total. The number of hydrogen-bond acceptors (Lipinski definition) is 6. The van der Waals surface area contributed by atoms with Crippen LogP contribution in [0, 0.1) is 18.7 Å². The zero-order valence-corrected chi connectivity index (χ0v) is 18.5. The lowest BCUT2D eigenvalue weighted by Crippen LogP contribution is -2.41. The first kappa shape index (κ1) is 22.2. The maximum absolute atomic E-state index is 14.7. The van der Waals surface area contributed by atoms with Crippen LogP contribution in [-0.4, -0.2) is 44.8 Å². The van der Waals surface area contributed by atoms with Crippen LogP contribution in [0.5, 0.6) is 0 Å². The molecule has 2 aliphatic rings. The Kier molecular flexibility index (Phi) is 5.22. The second-order valence-corrected chi connectivity index (χ2v) is 8.96. The Morgan fingerprint density at radius 3 is 2.79 bits per heavy atom. The largest absolute Gasteiger partial charge is 0.465 e. The highest BCUT2D eigenvalue weighted by Crippen LogP contribution is 2.50. The highest BCUT2D eigenvalue weighted by Gasteiger charge is 2.61. The molecule has 178 valence electrons. The summed E-state index contributed by atoms with van der Waals surface area (Å²) in [6.07, 6.45) is -1.52. The average molecular weight is 472 g/mol. The van der Waals surface area contributed by atoms with Gasteiger partial charge in [0, 0.05) is 30.0 Å². The van der Waals surface area contributed by atoms with Crippen molar-refractivity contribution in [3.8, 4) is 0 Å². The number of piperidine rings is 1. The second kappa shape index (κ2) is 8.00. The molecule has 0 bridgehead atoms. The third-order valence-electron chi connectivity index (χ3n) is 6.62. The van der Waals surface area contributed by atoms with Crippen molar-refractivity contribution >= 4 is 28.6 Å². The van der Waals surface area contributed by atoms with Gasteiger partial charge in [-0.3, -0.25) is 0 Å². The third kappa shape index (κ3) is 3.84. The second-order valence-electron chi connectivity index (χ2n) is 8.96. The molecule has 5 rings (SSSR count). The fourth-order valence-corrected chi connectivity index (χ4v) is 4.84. The van der Waals surface area contributed by atoms with Gasteiger partial charge in [-0.05, 0) is 26.3 Å². The van der Waals surface area contributed by atoms with Gasteiger partial charge in [0.25, 0.3) is 6.43 Å². The number of aryl methyl sites for hydroxylation is 1. The summed E-state index contributed by atoms with van der Waals surface area (Å²) in [5.74, 6) is 0.856. The van der Waals surface area contributed by atoms with E-state index in [2.05, 4.69) is 25.6 Å². The van der Waals surface area contributed by atoms with Crippen molar-refractivity contribution < 1.29 is 23.1 Å². The molecule has 2 fully saturated rings. The van der Waals surface area contributed by atoms with Crippen LogP contribution >= 0.6 is 0 Å². The number of nitrogens with one attached hydrogen (secondary N) is 2. The standard InChI is InChI=1S/C23H23F3N6O2/c1-11(14-4-3-5-15(19(14)24)20(25)26)28-21-16-6-18(27-8-17(16)29-12(2)30-21)32-9-13-7-23(13,10-32)31-22(33)34/h3-6,8,11,13,20,31H,7,9-10H2,1-2H3,(H,33,34)(H,28,29,30)/t11-,13?,23?/m1/s1. The number of amides is 1. The van der Waals surface area contributed by atoms with E-state index < -0.39 is 35.5 Å². The number of aromatic nitrogens is 3. The number of nitrogens with zero attached hydrogens (tertiary/aromatic N) is 4. The normalized spacial score (nSPS) is 22.1. The molecule has 11 heteroatoms. The van der Waals surface area contributed by atoms with Crippen LogP contribution in [0.1, 0.15) is 42.8 Å². The number of carboxylic acid groups (broad SMARTS) is 1. The van der Waals surface area contributed by atoms with Crippen molar-refractivity contribution in [1.29, 1.82) is 0 Å². The minimum absolute atomic E-state index is 0.109. The van der Waals surface area contributed by atoms with Crippen molar-refractivity contribution in [3.05, 3.63) is 53.2 Å². The predicted molar refractivity (Wildman–Crippen MR) is 120 cm³/mol. The van der Waals surface area contributed by atoms with Crippen LogP contribution in [0.2, 0.25) is 0 Å². The summed E-state index contributed by atoms with van der Waals surface area (Å²) in [5, 5.41) is 15.6. The van der Waals surface area contributed by atoms with Crippen molar-refractivity contribution in [2.24, 2.45) is 5.92 Å². The van der Waals surface area contributed by atoms with E-state index >= 15 is 0 Å². The molecule has 1 aromatic carbocycles. The molecular weight excluding hydrogens is 449 g/mol. The van der Waals surface area contributed by atoms with Gasteiger partial charge in [-0.1, -0.05) is 18.2 Å². The summed E-state index contributed by atoms with van der Waals surface area (Å²) in [6, 6.07) is 5.12. The Balaban J connectivity index is 1.45. The van der Waals surface area contributed by atoms with Crippen LogP contribution in [-0.2, 0) is 0 Å². The highest BCUT2D eigenvalue weighted by atomic mass is 19.3. The highest BCUT2D eigenvalue weighted by molar-refractivity contribution is 5.90. The fourth-order valence-electron chi connectivity index (χ4n) is 4.84. The van der Waals surface area contributed by atoms with E-state index in [1.54, 1.807) is 20.0 Å². The first-order chi connectivity index (χ1) is 16.2. The number of benzene rings is 1. The Morgan fingerprint density at radius 2 is 2.06 bits per heavy atom. The number of carbonyl (C=O) groups is 1. The molecule has 34 heavy (non-hydrogen) atoms. The number of fused-ring (bicyclic) bond motifs is 2. The number of pyridine rings is 1. The van der Waals surface area contributed by atoms with Gasteiger partial charge in [0.05, 0.1) is 28.9 Å². The van der Waals surface area contributed by atoms with E-state index in [1.807, 2.05) is 11.0 Å². The quantitative estimate of drug-likeness (QED) is 0.488. The van der Waals surface area contributed by atoms with E-state index in [9.17, 15) is 18.0 Å². The molecule has 1 saturated heterocycles. The third-order valence-corrected chi connectivity index (χ3v) is 6.62. The number of hydrogen-bond donors (Lipinski definition) is 3. The molecule has 3 heterocycles. The van der Waals surface area contributed by atoms with E-state index in [0.717, 1.165) is 12.5 Å². The van der Waals surface area contributed by atoms with Gasteiger partial charge in [-0.25, -0.2) is 32.9 Å². The molecule has 0 spiro atoms. The number of rotatable bonds is 6. The average Bonchev–Trinajstić information content (AvgIpc) is 3.30. The fraction of sp³-hybridized carbons (Fsp3) is 0.391. The van der Waals surface area contributed by atoms with Crippen molar-refractivity contribution in [3.63, 3.8) is 0 Å². The summed E-state index contributed by atoms with van der Waals surface area (Å²) in [6.45, 7) is 4.58. The van der Waals surface area contributed by atoms with Crippen LogP contribution in [0.25, 0.3) is 10.9 Å². The van der Waals surface area contributed by atoms with Gasteiger partial charge in [0.15, 0.2) is 0 Å². The summed E-state index contributed by atoms with van der Waals surface area (Å²) >= 11 is 0. The maximum Gasteiger partial charge on any atom is 0.405 e. The summed E-state index contributed by atoms with van der Waals surface area (Å²) in [7, 11) is 0. The molecule has 2 aromatic heterocycles.